The molecule has 9 heteroatoms. The molecule has 5 aromatic rings. The molecule has 1 N–H and O–H groups in total. The van der Waals surface area contributed by atoms with Crippen molar-refractivity contribution in [1.82, 2.24) is 19.2 Å². The summed E-state index contributed by atoms with van der Waals surface area (Å²) < 4.78 is 27.2. The Labute approximate surface area is 234 Å². The lowest BCUT2D eigenvalue weighted by atomic mass is 9.92. The number of sulfone groups is 1. The number of carbonyl (C=O) groups excluding carboxylic acids is 1. The van der Waals surface area contributed by atoms with Crippen LogP contribution in [-0.4, -0.2) is 39.7 Å². The van der Waals surface area contributed by atoms with Crippen molar-refractivity contribution in [2.75, 3.05) is 11.6 Å². The van der Waals surface area contributed by atoms with Crippen LogP contribution in [0.15, 0.2) is 84.0 Å². The fourth-order valence-electron chi connectivity index (χ4n) is 4.52. The van der Waals surface area contributed by atoms with Crippen molar-refractivity contribution in [3.8, 4) is 22.4 Å². The number of imidazole rings is 1. The van der Waals surface area contributed by atoms with E-state index in [4.69, 9.17) is 0 Å². The summed E-state index contributed by atoms with van der Waals surface area (Å²) >= 11 is 0. The van der Waals surface area contributed by atoms with Crippen molar-refractivity contribution in [2.24, 2.45) is 7.05 Å². The Hall–Kier alpha value is -4.24. The topological polar surface area (TPSA) is 98.4 Å². The van der Waals surface area contributed by atoms with Crippen LogP contribution in [0.2, 0.25) is 0 Å². The van der Waals surface area contributed by atoms with Crippen LogP contribution < -0.4 is 5.32 Å². The number of amides is 1. The van der Waals surface area contributed by atoms with Crippen LogP contribution in [0.25, 0.3) is 28.0 Å². The van der Waals surface area contributed by atoms with Crippen molar-refractivity contribution in [2.45, 2.75) is 43.9 Å². The largest absolute Gasteiger partial charge is 0.311 e. The second-order valence-corrected chi connectivity index (χ2v) is 13.1. The van der Waals surface area contributed by atoms with E-state index in [1.54, 1.807) is 16.8 Å². The number of nitrogens with one attached hydrogen (secondary N) is 1. The second kappa shape index (κ2) is 10.4. The fourth-order valence-corrected chi connectivity index (χ4v) is 5.15. The van der Waals surface area contributed by atoms with Gasteiger partial charge in [-0.3, -0.25) is 13.9 Å². The fraction of sp³-hybridized carbons (Fsp3) is 0.258. The van der Waals surface area contributed by atoms with Gasteiger partial charge in [0.2, 0.25) is 5.91 Å². The minimum Gasteiger partial charge on any atom is -0.311 e. The molecule has 0 unspecified atom stereocenters. The average Bonchev–Trinajstić information content (AvgIpc) is 3.50. The van der Waals surface area contributed by atoms with Gasteiger partial charge in [-0.05, 0) is 47.4 Å². The summed E-state index contributed by atoms with van der Waals surface area (Å²) in [6.45, 7) is 6.29. The molecule has 0 saturated heterocycles. The minimum atomic E-state index is -3.23. The number of benzene rings is 2. The molecule has 0 aliphatic heterocycles. The highest BCUT2D eigenvalue weighted by Crippen LogP contribution is 2.27. The molecule has 0 saturated carbocycles. The van der Waals surface area contributed by atoms with Gasteiger partial charge in [0, 0.05) is 43.0 Å². The lowest BCUT2D eigenvalue weighted by Gasteiger charge is -2.13. The molecule has 0 bridgehead atoms. The molecule has 5 rings (SSSR count). The van der Waals surface area contributed by atoms with Gasteiger partial charge in [-0.15, -0.1) is 0 Å². The van der Waals surface area contributed by atoms with E-state index in [0.29, 0.717) is 23.6 Å². The molecule has 0 aliphatic carbocycles. The quantitative estimate of drug-likeness (QED) is 0.279. The third kappa shape index (κ3) is 5.84. The third-order valence-electron chi connectivity index (χ3n) is 6.94. The summed E-state index contributed by atoms with van der Waals surface area (Å²) in [6, 6.07) is 21.0. The van der Waals surface area contributed by atoms with Crippen LogP contribution in [0.5, 0.6) is 0 Å². The maximum atomic E-state index is 12.6. The molecule has 8 nitrogen and oxygen atoms in total. The number of anilines is 1. The zero-order valence-corrected chi connectivity index (χ0v) is 24.2. The van der Waals surface area contributed by atoms with Crippen LogP contribution in [-0.2, 0) is 33.5 Å². The van der Waals surface area contributed by atoms with E-state index in [-0.39, 0.29) is 11.3 Å². The summed E-state index contributed by atoms with van der Waals surface area (Å²) in [7, 11) is -1.40. The van der Waals surface area contributed by atoms with E-state index in [0.717, 1.165) is 39.3 Å². The minimum absolute atomic E-state index is 0.0453. The van der Waals surface area contributed by atoms with Gasteiger partial charge in [0.1, 0.15) is 11.5 Å². The first-order valence-electron chi connectivity index (χ1n) is 13.1. The smallest absolute Gasteiger partial charge is 0.225 e. The van der Waals surface area contributed by atoms with E-state index in [2.05, 4.69) is 36.2 Å². The highest BCUT2D eigenvalue weighted by molar-refractivity contribution is 7.90. The molecule has 0 aliphatic rings. The Morgan fingerprint density at radius 2 is 1.60 bits per heavy atom. The standard InChI is InChI=1S/C31H33N5O3S/c1-31(2,3)27-19-29(35(4)34-27)33-30(37)15-8-21-6-9-23(10-7-21)26-20-32-28-18-24(16-17-36(26)28)22-11-13-25(14-12-22)40(5,38)39/h6-7,9-14,16-20H,8,15H2,1-5H3,(H,33,37). The molecule has 3 aromatic heterocycles. The number of pyridine rings is 1. The number of hydrogen-bond donors (Lipinski definition) is 1. The Bertz CT molecular complexity index is 1790. The number of aryl methyl sites for hydroxylation is 2. The Balaban J connectivity index is 1.25. The molecule has 0 atom stereocenters. The maximum Gasteiger partial charge on any atom is 0.225 e. The number of aromatic nitrogens is 4. The van der Waals surface area contributed by atoms with Crippen LogP contribution in [0.3, 0.4) is 0 Å². The predicted molar refractivity (Wildman–Crippen MR) is 158 cm³/mol. The lowest BCUT2D eigenvalue weighted by Crippen LogP contribution is -2.14. The monoisotopic (exact) mass is 555 g/mol. The lowest BCUT2D eigenvalue weighted by molar-refractivity contribution is -0.116. The number of hydrogen-bond acceptors (Lipinski definition) is 5. The highest BCUT2D eigenvalue weighted by Gasteiger charge is 2.19. The molecule has 206 valence electrons. The van der Waals surface area contributed by atoms with Crippen molar-refractivity contribution in [3.05, 3.63) is 90.4 Å². The summed E-state index contributed by atoms with van der Waals surface area (Å²) in [6.07, 6.45) is 6.02. The third-order valence-corrected chi connectivity index (χ3v) is 8.06. The zero-order chi connectivity index (χ0) is 28.7. The second-order valence-electron chi connectivity index (χ2n) is 11.1. The SMILES string of the molecule is Cn1nc(C(C)(C)C)cc1NC(=O)CCc1ccc(-c2cnc3cc(-c4ccc(S(C)(=O)=O)cc4)ccn23)cc1. The van der Waals surface area contributed by atoms with Gasteiger partial charge in [0.15, 0.2) is 9.84 Å². The molecule has 0 spiro atoms. The first kappa shape index (κ1) is 27.3. The van der Waals surface area contributed by atoms with Crippen LogP contribution in [0.4, 0.5) is 5.82 Å². The Morgan fingerprint density at radius 3 is 2.23 bits per heavy atom. The molecule has 0 fully saturated rings. The molecular formula is C31H33N5O3S. The van der Waals surface area contributed by atoms with Gasteiger partial charge in [-0.2, -0.15) is 5.10 Å². The van der Waals surface area contributed by atoms with Crippen molar-refractivity contribution < 1.29 is 13.2 Å². The zero-order valence-electron chi connectivity index (χ0n) is 23.3. The Kier molecular flexibility index (Phi) is 7.10. The van der Waals surface area contributed by atoms with E-state index in [1.807, 2.05) is 78.4 Å². The summed E-state index contributed by atoms with van der Waals surface area (Å²) in [5.41, 5.74) is 6.59. The number of carbonyl (C=O) groups is 1. The summed E-state index contributed by atoms with van der Waals surface area (Å²) in [5.74, 6) is 0.656. The summed E-state index contributed by atoms with van der Waals surface area (Å²) in [5, 5.41) is 7.49. The van der Waals surface area contributed by atoms with Gasteiger partial charge in [-0.1, -0.05) is 57.2 Å². The number of rotatable bonds is 7. The van der Waals surface area contributed by atoms with Gasteiger partial charge < -0.3 is 5.32 Å². The van der Waals surface area contributed by atoms with E-state index in [1.165, 1.54) is 6.26 Å². The maximum absolute atomic E-state index is 12.6. The van der Waals surface area contributed by atoms with Gasteiger partial charge in [-0.25, -0.2) is 13.4 Å². The van der Waals surface area contributed by atoms with Crippen molar-refractivity contribution in [1.29, 1.82) is 0 Å². The average molecular weight is 556 g/mol. The van der Waals surface area contributed by atoms with Crippen LogP contribution >= 0.6 is 0 Å². The van der Waals surface area contributed by atoms with E-state index < -0.39 is 9.84 Å². The summed E-state index contributed by atoms with van der Waals surface area (Å²) in [4.78, 5) is 17.5. The molecule has 0 radical (unpaired) electrons. The van der Waals surface area contributed by atoms with Crippen molar-refractivity contribution in [3.63, 3.8) is 0 Å². The molecular weight excluding hydrogens is 522 g/mol. The first-order valence-corrected chi connectivity index (χ1v) is 15.0. The van der Waals surface area contributed by atoms with Crippen LogP contribution in [0.1, 0.15) is 38.4 Å². The van der Waals surface area contributed by atoms with Crippen LogP contribution in [0, 0.1) is 0 Å². The normalized spacial score (nSPS) is 12.1. The highest BCUT2D eigenvalue weighted by atomic mass is 32.2. The first-order chi connectivity index (χ1) is 18.9. The predicted octanol–water partition coefficient (Wildman–Crippen LogP) is 5.67. The van der Waals surface area contributed by atoms with Gasteiger partial charge >= 0.3 is 0 Å². The van der Waals surface area contributed by atoms with Gasteiger partial charge in [0.25, 0.3) is 0 Å². The molecule has 2 aromatic carbocycles. The molecule has 1 amide bonds. The van der Waals surface area contributed by atoms with Gasteiger partial charge in [0.05, 0.1) is 22.5 Å². The van der Waals surface area contributed by atoms with Crippen molar-refractivity contribution >= 4 is 27.2 Å². The number of nitrogens with zero attached hydrogens (tertiary/aromatic N) is 4. The number of fused-ring (bicyclic) bond motifs is 1. The van der Waals surface area contributed by atoms with E-state index in [9.17, 15) is 13.2 Å². The Morgan fingerprint density at radius 1 is 0.925 bits per heavy atom. The molecule has 3 heterocycles. The molecule has 40 heavy (non-hydrogen) atoms. The van der Waals surface area contributed by atoms with E-state index >= 15 is 0 Å².